The molecule has 1 aromatic rings. The zero-order valence-corrected chi connectivity index (χ0v) is 10.4. The van der Waals surface area contributed by atoms with Crippen molar-refractivity contribution in [1.82, 2.24) is 15.4 Å². The fraction of sp³-hybridized carbons (Fsp3) is 0.455. The summed E-state index contributed by atoms with van der Waals surface area (Å²) in [5.41, 5.74) is 6.49. The number of nitrogens with two attached hydrogens (primary N) is 1. The van der Waals surface area contributed by atoms with Gasteiger partial charge >= 0.3 is 0 Å². The summed E-state index contributed by atoms with van der Waals surface area (Å²) in [4.78, 5) is 45.3. The fourth-order valence-electron chi connectivity index (χ4n) is 1.65. The first kappa shape index (κ1) is 13.2. The summed E-state index contributed by atoms with van der Waals surface area (Å²) in [6.07, 6.45) is 1.99. The van der Waals surface area contributed by atoms with E-state index in [9.17, 15) is 14.4 Å². The molecule has 4 N–H and O–H groups in total. The maximum Gasteiger partial charge on any atom is 0.282 e. The molecule has 8 heteroatoms. The molecule has 0 aromatic carbocycles. The Morgan fingerprint density at radius 3 is 2.74 bits per heavy atom. The van der Waals surface area contributed by atoms with Gasteiger partial charge in [0.15, 0.2) is 6.61 Å². The normalized spacial score (nSPS) is 14.2. The lowest BCUT2D eigenvalue weighted by atomic mass is 10.2. The average molecular weight is 266 g/mol. The maximum absolute atomic E-state index is 11.8. The molecule has 0 spiro atoms. The highest BCUT2D eigenvalue weighted by Gasteiger charge is 2.28. The second kappa shape index (κ2) is 5.19. The van der Waals surface area contributed by atoms with E-state index in [2.05, 4.69) is 14.8 Å². The number of aromatic amines is 1. The number of rotatable bonds is 5. The van der Waals surface area contributed by atoms with Crippen LogP contribution in [-0.4, -0.2) is 28.4 Å². The molecule has 0 saturated heterocycles. The van der Waals surface area contributed by atoms with Crippen molar-refractivity contribution in [2.45, 2.75) is 25.7 Å². The van der Waals surface area contributed by atoms with Crippen LogP contribution >= 0.6 is 0 Å². The van der Waals surface area contributed by atoms with Crippen molar-refractivity contribution >= 4 is 11.8 Å². The smallest absolute Gasteiger partial charge is 0.282 e. The van der Waals surface area contributed by atoms with E-state index in [1.807, 2.05) is 5.48 Å². The Balaban J connectivity index is 2.13. The molecule has 0 unspecified atom stereocenters. The van der Waals surface area contributed by atoms with Crippen molar-refractivity contribution < 1.29 is 14.4 Å². The molecule has 1 heterocycles. The quantitative estimate of drug-likeness (QED) is 0.595. The van der Waals surface area contributed by atoms with Crippen LogP contribution in [0.3, 0.4) is 0 Å². The number of aryl methyl sites for hydroxylation is 1. The zero-order chi connectivity index (χ0) is 14.0. The van der Waals surface area contributed by atoms with Gasteiger partial charge in [0.1, 0.15) is 11.4 Å². The lowest BCUT2D eigenvalue weighted by Crippen LogP contribution is -2.34. The van der Waals surface area contributed by atoms with Gasteiger partial charge in [0.2, 0.25) is 5.91 Å². The maximum atomic E-state index is 11.8. The predicted octanol–water partition coefficient (Wildman–Crippen LogP) is -0.898. The van der Waals surface area contributed by atoms with Crippen molar-refractivity contribution in [3.8, 4) is 0 Å². The van der Waals surface area contributed by atoms with Crippen molar-refractivity contribution in [3.05, 3.63) is 27.4 Å². The Morgan fingerprint density at radius 1 is 1.53 bits per heavy atom. The minimum Gasteiger partial charge on any atom is -0.368 e. The van der Waals surface area contributed by atoms with E-state index in [0.717, 1.165) is 12.8 Å². The summed E-state index contributed by atoms with van der Waals surface area (Å²) in [6.45, 7) is 1.11. The van der Waals surface area contributed by atoms with E-state index < -0.39 is 24.0 Å². The molecule has 1 fully saturated rings. The van der Waals surface area contributed by atoms with Gasteiger partial charge in [-0.2, -0.15) is 0 Å². The monoisotopic (exact) mass is 266 g/mol. The number of hydroxylamine groups is 1. The largest absolute Gasteiger partial charge is 0.368 e. The summed E-state index contributed by atoms with van der Waals surface area (Å²) in [7, 11) is 0. The van der Waals surface area contributed by atoms with Crippen molar-refractivity contribution in [2.75, 3.05) is 6.61 Å². The zero-order valence-electron chi connectivity index (χ0n) is 10.4. The molecule has 8 nitrogen and oxygen atoms in total. The van der Waals surface area contributed by atoms with E-state index in [4.69, 9.17) is 5.73 Å². The van der Waals surface area contributed by atoms with Crippen molar-refractivity contribution in [1.29, 1.82) is 0 Å². The van der Waals surface area contributed by atoms with Crippen LogP contribution in [0.25, 0.3) is 0 Å². The molecular weight excluding hydrogens is 252 g/mol. The third-order valence-electron chi connectivity index (χ3n) is 2.69. The van der Waals surface area contributed by atoms with Gasteiger partial charge in [-0.15, -0.1) is 0 Å². The molecule has 2 amide bonds. The van der Waals surface area contributed by atoms with Crippen LogP contribution in [-0.2, 0) is 9.63 Å². The number of H-pyrrole nitrogens is 1. The van der Waals surface area contributed by atoms with Crippen LogP contribution in [0.4, 0.5) is 0 Å². The van der Waals surface area contributed by atoms with Gasteiger partial charge in [0.25, 0.3) is 11.5 Å². The number of primary amides is 1. The van der Waals surface area contributed by atoms with Crippen LogP contribution in [0.1, 0.15) is 40.6 Å². The topological polar surface area (TPSA) is 127 Å². The molecule has 1 aromatic heterocycles. The van der Waals surface area contributed by atoms with Crippen LogP contribution in [0.5, 0.6) is 0 Å². The van der Waals surface area contributed by atoms with Gasteiger partial charge in [0.05, 0.1) is 5.69 Å². The van der Waals surface area contributed by atoms with Crippen LogP contribution in [0.15, 0.2) is 4.79 Å². The number of carbonyl (C=O) groups excluding carboxylic acids is 2. The Hall–Kier alpha value is -2.22. The van der Waals surface area contributed by atoms with Crippen molar-refractivity contribution in [3.63, 3.8) is 0 Å². The van der Waals surface area contributed by atoms with Crippen molar-refractivity contribution in [2.24, 2.45) is 5.73 Å². The minimum atomic E-state index is -0.755. The third kappa shape index (κ3) is 3.16. The van der Waals surface area contributed by atoms with Gasteiger partial charge in [-0.05, 0) is 19.8 Å². The molecular formula is C11H14N4O4. The second-order valence-electron chi connectivity index (χ2n) is 4.37. The summed E-state index contributed by atoms with van der Waals surface area (Å²) in [6, 6.07) is 0. The number of aromatic nitrogens is 2. The summed E-state index contributed by atoms with van der Waals surface area (Å²) in [5, 5.41) is 0. The SMILES string of the molecule is Cc1nc(C2CC2)[nH]c(=O)c1C(=O)NOCC(N)=O. The van der Waals surface area contributed by atoms with Crippen LogP contribution in [0.2, 0.25) is 0 Å². The van der Waals surface area contributed by atoms with Crippen LogP contribution < -0.4 is 16.8 Å². The van der Waals surface area contributed by atoms with E-state index in [1.165, 1.54) is 0 Å². The van der Waals surface area contributed by atoms with Gasteiger partial charge in [-0.3, -0.25) is 19.2 Å². The van der Waals surface area contributed by atoms with Gasteiger partial charge < -0.3 is 10.7 Å². The summed E-state index contributed by atoms with van der Waals surface area (Å²) in [5.74, 6) is -0.588. The van der Waals surface area contributed by atoms with Gasteiger partial charge in [-0.25, -0.2) is 10.5 Å². The predicted molar refractivity (Wildman–Crippen MR) is 64.2 cm³/mol. The van der Waals surface area contributed by atoms with Crippen LogP contribution in [0, 0.1) is 6.92 Å². The molecule has 0 aliphatic heterocycles. The third-order valence-corrected chi connectivity index (χ3v) is 2.69. The van der Waals surface area contributed by atoms with E-state index in [1.54, 1.807) is 6.92 Å². The molecule has 1 aliphatic rings. The first-order chi connectivity index (χ1) is 8.99. The average Bonchev–Trinajstić information content (AvgIpc) is 3.10. The number of nitrogens with zero attached hydrogens (tertiary/aromatic N) is 1. The Bertz CT molecular complexity index is 577. The first-order valence-corrected chi connectivity index (χ1v) is 5.80. The highest BCUT2D eigenvalue weighted by atomic mass is 16.7. The lowest BCUT2D eigenvalue weighted by molar-refractivity contribution is -0.124. The number of hydrogen-bond acceptors (Lipinski definition) is 5. The molecule has 0 bridgehead atoms. The van der Waals surface area contributed by atoms with E-state index in [0.29, 0.717) is 11.5 Å². The molecule has 1 aliphatic carbocycles. The van der Waals surface area contributed by atoms with Gasteiger partial charge in [0, 0.05) is 5.92 Å². The number of carbonyl (C=O) groups is 2. The lowest BCUT2D eigenvalue weighted by Gasteiger charge is -2.07. The second-order valence-corrected chi connectivity index (χ2v) is 4.37. The molecule has 0 atom stereocenters. The summed E-state index contributed by atoms with van der Waals surface area (Å²) < 4.78 is 0. The molecule has 102 valence electrons. The molecule has 19 heavy (non-hydrogen) atoms. The Morgan fingerprint density at radius 2 is 2.21 bits per heavy atom. The summed E-state index contributed by atoms with van der Waals surface area (Å²) >= 11 is 0. The molecule has 2 rings (SSSR count). The van der Waals surface area contributed by atoms with E-state index in [-0.39, 0.29) is 11.5 Å². The Kier molecular flexibility index (Phi) is 3.61. The number of nitrogens with one attached hydrogen (secondary N) is 2. The first-order valence-electron chi connectivity index (χ1n) is 5.80. The Labute approximate surface area is 108 Å². The standard InChI is InChI=1S/C11H14N4O4/c1-5-8(11(18)15-19-4-7(12)16)10(17)14-9(13-5)6-2-3-6/h6H,2-4H2,1H3,(H2,12,16)(H,15,18)(H,13,14,17). The molecule has 0 radical (unpaired) electrons. The highest BCUT2D eigenvalue weighted by molar-refractivity contribution is 5.94. The number of hydrogen-bond donors (Lipinski definition) is 3. The van der Waals surface area contributed by atoms with Gasteiger partial charge in [-0.1, -0.05) is 0 Å². The minimum absolute atomic E-state index is 0.131. The molecule has 1 saturated carbocycles. The fourth-order valence-corrected chi connectivity index (χ4v) is 1.65. The number of amides is 2. The van der Waals surface area contributed by atoms with E-state index >= 15 is 0 Å². The highest BCUT2D eigenvalue weighted by Crippen LogP contribution is 2.37.